The fourth-order valence-electron chi connectivity index (χ4n) is 3.24. The van der Waals surface area contributed by atoms with Crippen molar-refractivity contribution in [3.05, 3.63) is 65.2 Å². The summed E-state index contributed by atoms with van der Waals surface area (Å²) in [6.45, 7) is 5.64. The Balaban J connectivity index is 0.00000100. The molecule has 0 aromatic heterocycles. The number of nitrogens with zero attached hydrogens (tertiary/aromatic N) is 1. The molecule has 0 amide bonds. The van der Waals surface area contributed by atoms with E-state index in [9.17, 15) is 8.78 Å². The van der Waals surface area contributed by atoms with Gasteiger partial charge in [-0.15, -0.1) is 0 Å². The Hall–Kier alpha value is -1.42. The Morgan fingerprint density at radius 2 is 1.54 bits per heavy atom. The molecule has 2 aromatic rings. The summed E-state index contributed by atoms with van der Waals surface area (Å²) in [6, 6.07) is 12.4. The molecule has 0 spiro atoms. The van der Waals surface area contributed by atoms with Crippen LogP contribution in [0.1, 0.15) is 43.7 Å². The minimum atomic E-state index is -0.417. The molecule has 1 fully saturated rings. The average molecular weight is 396 g/mol. The number of piperidine rings is 1. The van der Waals surface area contributed by atoms with Gasteiger partial charge in [0.25, 0.3) is 0 Å². The summed E-state index contributed by atoms with van der Waals surface area (Å²) < 4.78 is 27.8. The van der Waals surface area contributed by atoms with E-state index in [1.807, 2.05) is 26.0 Å². The molecular weight excluding hydrogens is 372 g/mol. The molecule has 0 N–H and O–H groups in total. The molecule has 2 aromatic carbocycles. The van der Waals surface area contributed by atoms with E-state index < -0.39 is 11.6 Å². The summed E-state index contributed by atoms with van der Waals surface area (Å²) in [5, 5.41) is 0.811. The van der Waals surface area contributed by atoms with E-state index >= 15 is 0 Å². The topological polar surface area (TPSA) is 3.24 Å². The zero-order valence-electron chi connectivity index (χ0n) is 14.2. The van der Waals surface area contributed by atoms with Gasteiger partial charge < -0.3 is 4.90 Å². The molecule has 0 radical (unpaired) electrons. The van der Waals surface area contributed by atoms with Crippen LogP contribution in [0.15, 0.2) is 42.5 Å². The lowest BCUT2D eigenvalue weighted by Gasteiger charge is -2.35. The fourth-order valence-corrected chi connectivity index (χ4v) is 3.72. The third-order valence-corrected chi connectivity index (χ3v) is 4.98. The number of para-hydroxylation sites is 1. The van der Waals surface area contributed by atoms with Crippen LogP contribution in [0.3, 0.4) is 0 Å². The molecule has 4 heteroatoms. The van der Waals surface area contributed by atoms with Crippen LogP contribution in [0.2, 0.25) is 0 Å². The van der Waals surface area contributed by atoms with Gasteiger partial charge in [0.05, 0.1) is 0 Å². The predicted octanol–water partition coefficient (Wildman–Crippen LogP) is 6.27. The molecule has 130 valence electrons. The van der Waals surface area contributed by atoms with Crippen molar-refractivity contribution < 1.29 is 8.78 Å². The van der Waals surface area contributed by atoms with Gasteiger partial charge in [-0.1, -0.05) is 54.0 Å². The zero-order chi connectivity index (χ0) is 17.5. The van der Waals surface area contributed by atoms with Crippen molar-refractivity contribution in [2.75, 3.05) is 18.0 Å². The van der Waals surface area contributed by atoms with Gasteiger partial charge in [-0.25, -0.2) is 8.78 Å². The predicted molar refractivity (Wildman–Crippen MR) is 101 cm³/mol. The maximum Gasteiger partial charge on any atom is 0.129 e. The van der Waals surface area contributed by atoms with Crippen LogP contribution in [0, 0.1) is 11.6 Å². The van der Waals surface area contributed by atoms with Gasteiger partial charge in [0.1, 0.15) is 11.6 Å². The van der Waals surface area contributed by atoms with Gasteiger partial charge in [-0.05, 0) is 42.5 Å². The standard InChI is InChI=1S/C18H18BrF2N.C2H6/c19-12-14-4-1-2-7-17(14)22-10-8-13(9-11-22)18-15(20)5-3-6-16(18)21;1-2/h1-7,13H,8-12H2;1-2H3. The third-order valence-electron chi connectivity index (χ3n) is 4.38. The maximum absolute atomic E-state index is 13.9. The summed E-state index contributed by atoms with van der Waals surface area (Å²) >= 11 is 3.52. The molecule has 1 aliphatic rings. The van der Waals surface area contributed by atoms with Crippen LogP contribution in [-0.2, 0) is 5.33 Å². The minimum Gasteiger partial charge on any atom is -0.371 e. The lowest BCUT2D eigenvalue weighted by atomic mass is 9.88. The Kier molecular flexibility index (Phi) is 7.22. The second-order valence-corrected chi connectivity index (χ2v) is 6.22. The molecule has 3 rings (SSSR count). The fraction of sp³-hybridized carbons (Fsp3) is 0.400. The molecule has 1 aliphatic heterocycles. The van der Waals surface area contributed by atoms with Crippen LogP contribution in [0.4, 0.5) is 14.5 Å². The number of alkyl halides is 1. The van der Waals surface area contributed by atoms with Crippen molar-refractivity contribution in [3.8, 4) is 0 Å². The van der Waals surface area contributed by atoms with E-state index in [-0.39, 0.29) is 11.5 Å². The molecule has 0 saturated carbocycles. The van der Waals surface area contributed by atoms with Gasteiger partial charge in [0.2, 0.25) is 0 Å². The SMILES string of the molecule is CC.Fc1cccc(F)c1C1CCN(c2ccccc2CBr)CC1. The summed E-state index contributed by atoms with van der Waals surface area (Å²) in [5.41, 5.74) is 2.72. The minimum absolute atomic E-state index is 0.0337. The van der Waals surface area contributed by atoms with Crippen LogP contribution in [0.25, 0.3) is 0 Å². The largest absolute Gasteiger partial charge is 0.371 e. The van der Waals surface area contributed by atoms with Crippen LogP contribution in [0.5, 0.6) is 0 Å². The molecule has 1 saturated heterocycles. The van der Waals surface area contributed by atoms with E-state index in [1.165, 1.54) is 29.4 Å². The van der Waals surface area contributed by atoms with Gasteiger partial charge in [0, 0.05) is 29.7 Å². The van der Waals surface area contributed by atoms with E-state index in [2.05, 4.69) is 33.0 Å². The molecule has 0 bridgehead atoms. The molecule has 0 aliphatic carbocycles. The van der Waals surface area contributed by atoms with Crippen LogP contribution >= 0.6 is 15.9 Å². The zero-order valence-corrected chi connectivity index (χ0v) is 15.8. The second-order valence-electron chi connectivity index (χ2n) is 5.66. The molecule has 0 unspecified atom stereocenters. The molecular formula is C20H24BrF2N. The van der Waals surface area contributed by atoms with Crippen molar-refractivity contribution in [1.29, 1.82) is 0 Å². The monoisotopic (exact) mass is 395 g/mol. The van der Waals surface area contributed by atoms with Crippen molar-refractivity contribution in [2.45, 2.75) is 37.9 Å². The summed E-state index contributed by atoms with van der Waals surface area (Å²) in [4.78, 5) is 2.31. The smallest absolute Gasteiger partial charge is 0.129 e. The van der Waals surface area contributed by atoms with Gasteiger partial charge in [-0.2, -0.15) is 0 Å². The highest BCUT2D eigenvalue weighted by Crippen LogP contribution is 2.34. The normalized spacial score (nSPS) is 15.0. The second kappa shape index (κ2) is 9.16. The van der Waals surface area contributed by atoms with E-state index in [0.29, 0.717) is 0 Å². The number of halogens is 3. The number of hydrogen-bond acceptors (Lipinski definition) is 1. The number of hydrogen-bond donors (Lipinski definition) is 0. The number of anilines is 1. The Labute approximate surface area is 151 Å². The lowest BCUT2D eigenvalue weighted by Crippen LogP contribution is -2.34. The van der Waals surface area contributed by atoms with Crippen molar-refractivity contribution in [1.82, 2.24) is 0 Å². The highest BCUT2D eigenvalue weighted by molar-refractivity contribution is 9.08. The van der Waals surface area contributed by atoms with Crippen molar-refractivity contribution in [3.63, 3.8) is 0 Å². The Bertz CT molecular complexity index is 632. The summed E-state index contributed by atoms with van der Waals surface area (Å²) in [5.74, 6) is -0.868. The van der Waals surface area contributed by atoms with Gasteiger partial charge in [0.15, 0.2) is 0 Å². The number of benzene rings is 2. The Morgan fingerprint density at radius 1 is 0.958 bits per heavy atom. The highest BCUT2D eigenvalue weighted by Gasteiger charge is 2.26. The first-order valence-corrected chi connectivity index (χ1v) is 9.65. The van der Waals surface area contributed by atoms with E-state index in [4.69, 9.17) is 0 Å². The third kappa shape index (κ3) is 4.15. The van der Waals surface area contributed by atoms with Crippen LogP contribution in [-0.4, -0.2) is 13.1 Å². The maximum atomic E-state index is 13.9. The van der Waals surface area contributed by atoms with Gasteiger partial charge >= 0.3 is 0 Å². The molecule has 1 heterocycles. The van der Waals surface area contributed by atoms with E-state index in [1.54, 1.807) is 0 Å². The van der Waals surface area contributed by atoms with Crippen molar-refractivity contribution >= 4 is 21.6 Å². The van der Waals surface area contributed by atoms with Crippen LogP contribution < -0.4 is 4.90 Å². The Morgan fingerprint density at radius 3 is 2.12 bits per heavy atom. The molecule has 1 nitrogen and oxygen atoms in total. The highest BCUT2D eigenvalue weighted by atomic mass is 79.9. The summed E-state index contributed by atoms with van der Waals surface area (Å²) in [6.07, 6.45) is 1.54. The quantitative estimate of drug-likeness (QED) is 0.553. The van der Waals surface area contributed by atoms with Crippen molar-refractivity contribution in [2.24, 2.45) is 0 Å². The molecule has 0 atom stereocenters. The first-order chi connectivity index (χ1) is 11.7. The van der Waals surface area contributed by atoms with E-state index in [0.717, 1.165) is 31.3 Å². The number of rotatable bonds is 3. The van der Waals surface area contributed by atoms with Gasteiger partial charge in [-0.3, -0.25) is 0 Å². The summed E-state index contributed by atoms with van der Waals surface area (Å²) in [7, 11) is 0. The first-order valence-electron chi connectivity index (χ1n) is 8.53. The molecule has 24 heavy (non-hydrogen) atoms. The average Bonchev–Trinajstić information content (AvgIpc) is 2.64. The lowest BCUT2D eigenvalue weighted by molar-refractivity contribution is 0.455. The first kappa shape index (κ1) is 18.9.